The zero-order valence-electron chi connectivity index (χ0n) is 11.4. The fourth-order valence-electron chi connectivity index (χ4n) is 2.56. The third kappa shape index (κ3) is 2.52. The lowest BCUT2D eigenvalue weighted by Gasteiger charge is -2.16. The van der Waals surface area contributed by atoms with Crippen molar-refractivity contribution < 1.29 is 8.78 Å². The zero-order chi connectivity index (χ0) is 15.0. The Hall–Kier alpha value is -1.93. The van der Waals surface area contributed by atoms with Gasteiger partial charge in [0.25, 0.3) is 0 Å². The van der Waals surface area contributed by atoms with Crippen LogP contribution in [0.1, 0.15) is 22.1 Å². The molecule has 0 nitrogen and oxygen atoms in total. The number of hydrogen-bond donors (Lipinski definition) is 0. The van der Waals surface area contributed by atoms with Gasteiger partial charge >= 0.3 is 0 Å². The lowest BCUT2D eigenvalue weighted by Crippen LogP contribution is -1.99. The fourth-order valence-corrected chi connectivity index (χ4v) is 2.98. The first-order valence-electron chi connectivity index (χ1n) is 6.65. The van der Waals surface area contributed by atoms with Crippen molar-refractivity contribution in [1.29, 1.82) is 0 Å². The molecule has 0 saturated heterocycles. The van der Waals surface area contributed by atoms with Gasteiger partial charge in [0.2, 0.25) is 0 Å². The molecule has 3 heteroatoms. The summed E-state index contributed by atoms with van der Waals surface area (Å²) in [6.45, 7) is 1.88. The maximum atomic E-state index is 13.9. The summed E-state index contributed by atoms with van der Waals surface area (Å²) in [4.78, 5) is 0. The van der Waals surface area contributed by atoms with E-state index in [-0.39, 0.29) is 11.6 Å². The van der Waals surface area contributed by atoms with Gasteiger partial charge in [0, 0.05) is 5.39 Å². The highest BCUT2D eigenvalue weighted by Crippen LogP contribution is 2.36. The van der Waals surface area contributed by atoms with Crippen molar-refractivity contribution >= 4 is 22.4 Å². The Labute approximate surface area is 127 Å². The van der Waals surface area contributed by atoms with Gasteiger partial charge in [-0.3, -0.25) is 0 Å². The lowest BCUT2D eigenvalue weighted by molar-refractivity contribution is 0.625. The average Bonchev–Trinajstić information content (AvgIpc) is 2.50. The highest BCUT2D eigenvalue weighted by molar-refractivity contribution is 6.23. The summed E-state index contributed by atoms with van der Waals surface area (Å²) < 4.78 is 27.4. The summed E-state index contributed by atoms with van der Waals surface area (Å²) in [6, 6.07) is 14.8. The number of alkyl halides is 1. The summed E-state index contributed by atoms with van der Waals surface area (Å²) in [5.74, 6) is -0.609. The molecule has 0 amide bonds. The molecular formula is C18H13ClF2. The van der Waals surface area contributed by atoms with Crippen LogP contribution in [0.25, 0.3) is 10.8 Å². The van der Waals surface area contributed by atoms with Crippen molar-refractivity contribution in [1.82, 2.24) is 0 Å². The molecule has 0 aliphatic heterocycles. The number of hydrogen-bond acceptors (Lipinski definition) is 0. The van der Waals surface area contributed by atoms with Crippen molar-refractivity contribution in [3.63, 3.8) is 0 Å². The summed E-state index contributed by atoms with van der Waals surface area (Å²) in [6.07, 6.45) is 0. The maximum absolute atomic E-state index is 13.9. The second kappa shape index (κ2) is 5.45. The fraction of sp³-hybridized carbons (Fsp3) is 0.111. The van der Waals surface area contributed by atoms with Crippen LogP contribution < -0.4 is 0 Å². The van der Waals surface area contributed by atoms with Gasteiger partial charge in [0.15, 0.2) is 0 Å². The molecule has 3 aromatic rings. The van der Waals surface area contributed by atoms with Crippen molar-refractivity contribution in [2.75, 3.05) is 0 Å². The molecule has 21 heavy (non-hydrogen) atoms. The molecule has 3 rings (SSSR count). The molecule has 1 atom stereocenters. The first kappa shape index (κ1) is 14.0. The van der Waals surface area contributed by atoms with Gasteiger partial charge < -0.3 is 0 Å². The van der Waals surface area contributed by atoms with E-state index in [1.807, 2.05) is 19.1 Å². The molecule has 0 fully saturated rings. The highest BCUT2D eigenvalue weighted by atomic mass is 35.5. The molecule has 0 saturated carbocycles. The van der Waals surface area contributed by atoms with Crippen LogP contribution in [0.3, 0.4) is 0 Å². The molecule has 0 aliphatic rings. The van der Waals surface area contributed by atoms with E-state index in [2.05, 4.69) is 0 Å². The van der Waals surface area contributed by atoms with E-state index in [1.54, 1.807) is 24.3 Å². The number of benzene rings is 3. The second-order valence-electron chi connectivity index (χ2n) is 5.05. The Bertz CT molecular complexity index is 811. The highest BCUT2D eigenvalue weighted by Gasteiger charge is 2.17. The zero-order valence-corrected chi connectivity index (χ0v) is 12.2. The summed E-state index contributed by atoms with van der Waals surface area (Å²) in [5.41, 5.74) is 2.39. The van der Waals surface area contributed by atoms with Gasteiger partial charge in [0.1, 0.15) is 11.6 Å². The molecule has 0 N–H and O–H groups in total. The minimum atomic E-state index is -0.522. The number of halogens is 3. The van der Waals surface area contributed by atoms with E-state index in [1.165, 1.54) is 18.2 Å². The normalized spacial score (nSPS) is 12.6. The molecule has 0 bridgehead atoms. The third-order valence-corrected chi connectivity index (χ3v) is 4.16. The molecule has 0 spiro atoms. The van der Waals surface area contributed by atoms with E-state index < -0.39 is 5.38 Å². The predicted molar refractivity (Wildman–Crippen MR) is 82.7 cm³/mol. The number of aryl methyl sites for hydroxylation is 1. The molecule has 0 aromatic heterocycles. The first-order valence-corrected chi connectivity index (χ1v) is 7.09. The van der Waals surface area contributed by atoms with E-state index in [0.717, 1.165) is 16.5 Å². The van der Waals surface area contributed by atoms with Crippen LogP contribution in [0, 0.1) is 18.6 Å². The maximum Gasteiger partial charge on any atom is 0.131 e. The molecule has 3 aromatic carbocycles. The smallest absolute Gasteiger partial charge is 0.131 e. The lowest BCUT2D eigenvalue weighted by atomic mass is 9.95. The monoisotopic (exact) mass is 302 g/mol. The van der Waals surface area contributed by atoms with E-state index in [0.29, 0.717) is 10.9 Å². The first-order chi connectivity index (χ1) is 10.1. The Kier molecular flexibility index (Phi) is 3.64. The largest absolute Gasteiger partial charge is 0.207 e. The van der Waals surface area contributed by atoms with Crippen molar-refractivity contribution in [2.45, 2.75) is 12.3 Å². The van der Waals surface area contributed by atoms with Gasteiger partial charge in [0.05, 0.1) is 5.38 Å². The van der Waals surface area contributed by atoms with Crippen LogP contribution in [-0.4, -0.2) is 0 Å². The molecule has 0 radical (unpaired) electrons. The number of fused-ring (bicyclic) bond motifs is 1. The second-order valence-corrected chi connectivity index (χ2v) is 5.48. The molecule has 0 aliphatic carbocycles. The summed E-state index contributed by atoms with van der Waals surface area (Å²) in [5, 5.41) is 0.752. The van der Waals surface area contributed by atoms with Gasteiger partial charge in [-0.25, -0.2) is 8.78 Å². The van der Waals surface area contributed by atoms with Crippen LogP contribution in [0.15, 0.2) is 54.6 Å². The van der Waals surface area contributed by atoms with Gasteiger partial charge in [-0.1, -0.05) is 36.4 Å². The van der Waals surface area contributed by atoms with E-state index in [9.17, 15) is 8.78 Å². The van der Waals surface area contributed by atoms with Crippen LogP contribution in [-0.2, 0) is 0 Å². The standard InChI is InChI=1S/C18H13ClF2/c1-11-6-7-12(20)10-16(11)18(19)15-8-9-17(21)14-5-3-2-4-13(14)15/h2-10,18H,1H3. The molecule has 0 heterocycles. The SMILES string of the molecule is Cc1ccc(F)cc1C(Cl)c1ccc(F)c2ccccc12. The van der Waals surface area contributed by atoms with Crippen molar-refractivity contribution in [3.05, 3.63) is 82.9 Å². The molecule has 1 unspecified atom stereocenters. The summed E-state index contributed by atoms with van der Waals surface area (Å²) in [7, 11) is 0. The van der Waals surface area contributed by atoms with Gasteiger partial charge in [-0.15, -0.1) is 11.6 Å². The van der Waals surface area contributed by atoms with Crippen molar-refractivity contribution in [3.8, 4) is 0 Å². The predicted octanol–water partition coefficient (Wildman–Crippen LogP) is 5.75. The van der Waals surface area contributed by atoms with E-state index in [4.69, 9.17) is 11.6 Å². The van der Waals surface area contributed by atoms with Crippen LogP contribution in [0.5, 0.6) is 0 Å². The van der Waals surface area contributed by atoms with Crippen LogP contribution in [0.4, 0.5) is 8.78 Å². The number of rotatable bonds is 2. The Morgan fingerprint density at radius 1 is 0.857 bits per heavy atom. The molecular weight excluding hydrogens is 290 g/mol. The van der Waals surface area contributed by atoms with Crippen molar-refractivity contribution in [2.24, 2.45) is 0 Å². The van der Waals surface area contributed by atoms with Crippen LogP contribution in [0.2, 0.25) is 0 Å². The average molecular weight is 303 g/mol. The Morgan fingerprint density at radius 3 is 2.33 bits per heavy atom. The topological polar surface area (TPSA) is 0 Å². The third-order valence-electron chi connectivity index (χ3n) is 3.69. The van der Waals surface area contributed by atoms with Crippen LogP contribution >= 0.6 is 11.6 Å². The quantitative estimate of drug-likeness (QED) is 0.528. The Balaban J connectivity index is 2.20. The Morgan fingerprint density at radius 2 is 1.57 bits per heavy atom. The minimum Gasteiger partial charge on any atom is -0.207 e. The minimum absolute atomic E-state index is 0.283. The van der Waals surface area contributed by atoms with Gasteiger partial charge in [-0.05, 0) is 47.2 Å². The summed E-state index contributed by atoms with van der Waals surface area (Å²) >= 11 is 6.55. The molecule has 106 valence electrons. The van der Waals surface area contributed by atoms with Gasteiger partial charge in [-0.2, -0.15) is 0 Å². The van der Waals surface area contributed by atoms with E-state index >= 15 is 0 Å².